The lowest BCUT2D eigenvalue weighted by Crippen LogP contribution is -2.31. The van der Waals surface area contributed by atoms with Crippen molar-refractivity contribution in [2.45, 2.75) is 33.2 Å². The van der Waals surface area contributed by atoms with Crippen molar-refractivity contribution in [1.82, 2.24) is 4.98 Å². The van der Waals surface area contributed by atoms with E-state index in [0.717, 1.165) is 17.8 Å². The molecule has 1 atom stereocenters. The van der Waals surface area contributed by atoms with Crippen LogP contribution in [0, 0.1) is 6.92 Å². The summed E-state index contributed by atoms with van der Waals surface area (Å²) < 4.78 is 21.7. The van der Waals surface area contributed by atoms with Crippen LogP contribution >= 0.6 is 11.3 Å². The van der Waals surface area contributed by atoms with Gasteiger partial charge in [-0.05, 0) is 50.1 Å². The number of methoxy groups -OCH3 is 1. The summed E-state index contributed by atoms with van der Waals surface area (Å²) in [5.74, 6) is -1.95. The molecule has 1 N–H and O–H groups in total. The Morgan fingerprint density at radius 2 is 1.97 bits per heavy atom. The van der Waals surface area contributed by atoms with E-state index in [9.17, 15) is 19.5 Å². The molecule has 1 aliphatic rings. The fourth-order valence-electron chi connectivity index (χ4n) is 3.95. The molecule has 0 spiro atoms. The highest BCUT2D eigenvalue weighted by Crippen LogP contribution is 2.45. The largest absolute Gasteiger partial charge is 0.503 e. The highest BCUT2D eigenvalue weighted by molar-refractivity contribution is 7.17. The second kappa shape index (κ2) is 10.9. The van der Waals surface area contributed by atoms with Crippen LogP contribution in [0.2, 0.25) is 0 Å². The number of hydrogen-bond donors (Lipinski definition) is 1. The molecule has 10 nitrogen and oxygen atoms in total. The van der Waals surface area contributed by atoms with Crippen LogP contribution in [0.1, 0.15) is 57.8 Å². The third-order valence-electron chi connectivity index (χ3n) is 5.60. The molecule has 0 saturated heterocycles. The van der Waals surface area contributed by atoms with E-state index in [4.69, 9.17) is 18.6 Å². The quantitative estimate of drug-likeness (QED) is 0.292. The maximum atomic E-state index is 13.4. The lowest BCUT2D eigenvalue weighted by Gasteiger charge is -2.25. The molecular formula is C26H26N2O8S. The number of carbonyl (C=O) groups excluding carboxylic acids is 3. The molecule has 2 aromatic heterocycles. The molecule has 1 unspecified atom stereocenters. The molecule has 3 heterocycles. The Morgan fingerprint density at radius 1 is 1.19 bits per heavy atom. The molecule has 194 valence electrons. The van der Waals surface area contributed by atoms with Crippen molar-refractivity contribution in [3.8, 4) is 11.5 Å². The van der Waals surface area contributed by atoms with E-state index in [2.05, 4.69) is 4.98 Å². The second-order valence-corrected chi connectivity index (χ2v) is 9.01. The highest BCUT2D eigenvalue weighted by atomic mass is 32.1. The van der Waals surface area contributed by atoms with E-state index < -0.39 is 29.5 Å². The normalized spacial score (nSPS) is 15.3. The zero-order valence-electron chi connectivity index (χ0n) is 20.8. The zero-order chi connectivity index (χ0) is 26.7. The molecule has 4 rings (SSSR count). The molecule has 1 aromatic carbocycles. The van der Waals surface area contributed by atoms with Crippen LogP contribution in [0.5, 0.6) is 11.5 Å². The zero-order valence-corrected chi connectivity index (χ0v) is 21.6. The smallest absolute Gasteiger partial charge is 0.350 e. The molecule has 0 bridgehead atoms. The Morgan fingerprint density at radius 3 is 2.62 bits per heavy atom. The summed E-state index contributed by atoms with van der Waals surface area (Å²) in [5.41, 5.74) is 0.631. The SMILES string of the molecule is CCCOc1ccc(C2C(C(=O)c3ccco3)=C(O)C(=O)N2c2nc(C)c(C(=O)OC)s2)cc1OCC. The average molecular weight is 527 g/mol. The minimum Gasteiger partial charge on any atom is -0.503 e. The summed E-state index contributed by atoms with van der Waals surface area (Å²) in [6, 6.07) is 6.94. The molecule has 0 radical (unpaired) electrons. The number of furan rings is 1. The number of aryl methyl sites for hydroxylation is 1. The van der Waals surface area contributed by atoms with E-state index in [1.807, 2.05) is 13.8 Å². The van der Waals surface area contributed by atoms with E-state index >= 15 is 0 Å². The van der Waals surface area contributed by atoms with Crippen LogP contribution in [0.3, 0.4) is 0 Å². The number of aliphatic hydroxyl groups excluding tert-OH is 1. The summed E-state index contributed by atoms with van der Waals surface area (Å²) in [5, 5.41) is 11.0. The number of ketones is 1. The van der Waals surface area contributed by atoms with Gasteiger partial charge in [-0.3, -0.25) is 14.5 Å². The summed E-state index contributed by atoms with van der Waals surface area (Å²) >= 11 is 0.925. The predicted octanol–water partition coefficient (Wildman–Crippen LogP) is 4.80. The van der Waals surface area contributed by atoms with Gasteiger partial charge in [0.25, 0.3) is 5.91 Å². The number of benzene rings is 1. The summed E-state index contributed by atoms with van der Waals surface area (Å²) in [6.07, 6.45) is 2.12. The summed E-state index contributed by atoms with van der Waals surface area (Å²) in [4.78, 5) is 44.8. The van der Waals surface area contributed by atoms with Gasteiger partial charge in [0, 0.05) is 0 Å². The number of rotatable bonds is 10. The van der Waals surface area contributed by atoms with Gasteiger partial charge in [-0.1, -0.05) is 24.3 Å². The van der Waals surface area contributed by atoms with Crippen molar-refractivity contribution in [1.29, 1.82) is 0 Å². The van der Waals surface area contributed by atoms with Gasteiger partial charge in [-0.25, -0.2) is 9.78 Å². The predicted molar refractivity (Wildman–Crippen MR) is 135 cm³/mol. The Labute approximate surface area is 217 Å². The second-order valence-electron chi connectivity index (χ2n) is 8.04. The maximum Gasteiger partial charge on any atom is 0.350 e. The van der Waals surface area contributed by atoms with Crippen molar-refractivity contribution in [2.75, 3.05) is 25.2 Å². The number of esters is 1. The Hall–Kier alpha value is -4.12. The van der Waals surface area contributed by atoms with Gasteiger partial charge in [0.05, 0.1) is 43.9 Å². The minimum absolute atomic E-state index is 0.0419. The van der Waals surface area contributed by atoms with Gasteiger partial charge >= 0.3 is 5.97 Å². The van der Waals surface area contributed by atoms with Crippen LogP contribution in [-0.2, 0) is 9.53 Å². The lowest BCUT2D eigenvalue weighted by molar-refractivity contribution is -0.117. The van der Waals surface area contributed by atoms with Gasteiger partial charge in [-0.15, -0.1) is 0 Å². The lowest BCUT2D eigenvalue weighted by atomic mass is 9.95. The Balaban J connectivity index is 1.88. The molecule has 0 saturated carbocycles. The van der Waals surface area contributed by atoms with E-state index in [-0.39, 0.29) is 21.3 Å². The average Bonchev–Trinajstić information content (AvgIpc) is 3.62. The fourth-order valence-corrected chi connectivity index (χ4v) is 4.96. The van der Waals surface area contributed by atoms with Crippen LogP contribution in [0.25, 0.3) is 0 Å². The standard InChI is InChI=1S/C26H26N2O8S/c1-5-11-35-16-10-9-15(13-18(16)34-6-2)20-19(21(29)17-8-7-12-36-17)22(30)24(31)28(20)26-27-14(3)23(37-26)25(32)33-4/h7-10,12-13,20,30H,5-6,11H2,1-4H3. The van der Waals surface area contributed by atoms with Gasteiger partial charge in [0.15, 0.2) is 28.1 Å². The summed E-state index contributed by atoms with van der Waals surface area (Å²) in [6.45, 7) is 6.25. The number of thiazole rings is 1. The maximum absolute atomic E-state index is 13.4. The first-order valence-electron chi connectivity index (χ1n) is 11.6. The molecule has 0 fully saturated rings. The fraction of sp³-hybridized carbons (Fsp3) is 0.308. The van der Waals surface area contributed by atoms with Crippen LogP contribution < -0.4 is 14.4 Å². The van der Waals surface area contributed by atoms with Gasteiger partial charge in [-0.2, -0.15) is 0 Å². The van der Waals surface area contributed by atoms with E-state index in [0.29, 0.717) is 36.0 Å². The molecule has 0 aliphatic carbocycles. The Bertz CT molecular complexity index is 1360. The number of hydrogen-bond acceptors (Lipinski definition) is 10. The molecule has 3 aromatic rings. The summed E-state index contributed by atoms with van der Waals surface area (Å²) in [7, 11) is 1.25. The van der Waals surface area contributed by atoms with Crippen molar-refractivity contribution in [3.63, 3.8) is 0 Å². The number of carbonyl (C=O) groups is 3. The molecule has 1 amide bonds. The number of nitrogens with zero attached hydrogens (tertiary/aromatic N) is 2. The third-order valence-corrected chi connectivity index (χ3v) is 6.74. The van der Waals surface area contributed by atoms with Crippen molar-refractivity contribution < 1.29 is 38.1 Å². The van der Waals surface area contributed by atoms with E-state index in [1.165, 1.54) is 30.4 Å². The monoisotopic (exact) mass is 526 g/mol. The first-order valence-corrected chi connectivity index (χ1v) is 12.4. The number of amides is 1. The molecule has 1 aliphatic heterocycles. The number of Topliss-reactive ketones (excluding diaryl/α,β-unsaturated/α-hetero) is 1. The van der Waals surface area contributed by atoms with Crippen molar-refractivity contribution in [2.24, 2.45) is 0 Å². The highest BCUT2D eigenvalue weighted by Gasteiger charge is 2.47. The topological polar surface area (TPSA) is 128 Å². The van der Waals surface area contributed by atoms with Gasteiger partial charge in [0.2, 0.25) is 5.78 Å². The van der Waals surface area contributed by atoms with Crippen molar-refractivity contribution in [3.05, 3.63) is 69.8 Å². The van der Waals surface area contributed by atoms with Crippen LogP contribution in [0.15, 0.2) is 52.3 Å². The van der Waals surface area contributed by atoms with Gasteiger partial charge in [0.1, 0.15) is 4.88 Å². The molecule has 37 heavy (non-hydrogen) atoms. The first-order chi connectivity index (χ1) is 17.8. The first kappa shape index (κ1) is 26.0. The van der Waals surface area contributed by atoms with E-state index in [1.54, 1.807) is 25.1 Å². The molecular weight excluding hydrogens is 500 g/mol. The van der Waals surface area contributed by atoms with Crippen molar-refractivity contribution >= 4 is 34.1 Å². The van der Waals surface area contributed by atoms with Crippen LogP contribution in [-0.4, -0.2) is 48.1 Å². The number of anilines is 1. The van der Waals surface area contributed by atoms with Gasteiger partial charge < -0.3 is 23.7 Å². The minimum atomic E-state index is -1.08. The number of aromatic nitrogens is 1. The number of ether oxygens (including phenoxy) is 3. The molecule has 11 heteroatoms. The number of aliphatic hydroxyl groups is 1. The Kier molecular flexibility index (Phi) is 7.63. The third kappa shape index (κ3) is 4.82. The van der Waals surface area contributed by atoms with Crippen LogP contribution in [0.4, 0.5) is 5.13 Å².